The van der Waals surface area contributed by atoms with E-state index in [0.717, 1.165) is 47.8 Å². The zero-order valence-electron chi connectivity index (χ0n) is 23.0. The van der Waals surface area contributed by atoms with Crippen LogP contribution in [0, 0.1) is 0 Å². The fourth-order valence-electron chi connectivity index (χ4n) is 5.38. The summed E-state index contributed by atoms with van der Waals surface area (Å²) in [5.74, 6) is 0.955. The highest BCUT2D eigenvalue weighted by molar-refractivity contribution is 7.98. The van der Waals surface area contributed by atoms with Gasteiger partial charge in [0.15, 0.2) is 10.7 Å². The first-order valence-corrected chi connectivity index (χ1v) is 15.9. The Balaban J connectivity index is 1.54. The Hall–Kier alpha value is -3.82. The number of carbonyl (C=O) groups is 1. The van der Waals surface area contributed by atoms with E-state index >= 15 is 0 Å². The Bertz CT molecular complexity index is 1760. The molecule has 210 valence electrons. The summed E-state index contributed by atoms with van der Waals surface area (Å²) in [6.07, 6.45) is 7.34. The lowest BCUT2D eigenvalue weighted by Crippen LogP contribution is -2.40. The van der Waals surface area contributed by atoms with Crippen LogP contribution in [0.5, 0.6) is 0 Å². The van der Waals surface area contributed by atoms with Crippen LogP contribution in [0.2, 0.25) is 0 Å². The fourth-order valence-corrected chi connectivity index (χ4v) is 6.76. The summed E-state index contributed by atoms with van der Waals surface area (Å²) < 4.78 is 13.8. The number of benzene rings is 2. The number of hydrogen-bond donors (Lipinski definition) is 0. The molecule has 0 N–H and O–H groups in total. The van der Waals surface area contributed by atoms with Crippen molar-refractivity contribution in [3.8, 4) is 0 Å². The minimum atomic E-state index is -0.695. The maximum absolute atomic E-state index is 14.1. The molecule has 41 heavy (non-hydrogen) atoms. The van der Waals surface area contributed by atoms with Gasteiger partial charge in [-0.15, -0.1) is 11.8 Å². The molecule has 1 atom stereocenters. The topological polar surface area (TPSA) is 77.0 Å². The van der Waals surface area contributed by atoms with Gasteiger partial charge in [-0.3, -0.25) is 9.36 Å². The maximum atomic E-state index is 14.1. The average Bonchev–Trinajstić information content (AvgIpc) is 3.61. The van der Waals surface area contributed by atoms with Crippen LogP contribution in [-0.2, 0) is 9.53 Å². The normalized spacial score (nSPS) is 17.4. The minimum absolute atomic E-state index is 0.213. The summed E-state index contributed by atoms with van der Waals surface area (Å²) in [6.45, 7) is 3.94. The molecule has 0 unspecified atom stereocenters. The number of nitrogens with zero attached hydrogens (tertiary/aromatic N) is 3. The van der Waals surface area contributed by atoms with Crippen molar-refractivity contribution in [1.82, 2.24) is 4.57 Å². The van der Waals surface area contributed by atoms with Gasteiger partial charge in [-0.05, 0) is 56.2 Å². The molecular weight excluding hydrogens is 555 g/mol. The number of hydrogen-bond acceptors (Lipinski definition) is 8. The third kappa shape index (κ3) is 5.44. The summed E-state index contributed by atoms with van der Waals surface area (Å²) >= 11 is 2.93. The van der Waals surface area contributed by atoms with Crippen LogP contribution in [0.25, 0.3) is 11.8 Å². The van der Waals surface area contributed by atoms with E-state index in [2.05, 4.69) is 4.90 Å². The van der Waals surface area contributed by atoms with Gasteiger partial charge in [0.25, 0.3) is 5.56 Å². The van der Waals surface area contributed by atoms with E-state index in [1.807, 2.05) is 73.0 Å². The smallest absolute Gasteiger partial charge is 0.338 e. The van der Waals surface area contributed by atoms with Crippen molar-refractivity contribution in [2.75, 3.05) is 30.9 Å². The van der Waals surface area contributed by atoms with Gasteiger partial charge in [-0.1, -0.05) is 53.8 Å². The Morgan fingerprint density at radius 3 is 2.54 bits per heavy atom. The van der Waals surface area contributed by atoms with E-state index < -0.39 is 12.0 Å². The second-order valence-corrected chi connectivity index (χ2v) is 11.8. The summed E-state index contributed by atoms with van der Waals surface area (Å²) in [7, 11) is 0. The first-order valence-electron chi connectivity index (χ1n) is 13.8. The lowest BCUT2D eigenvalue weighted by Gasteiger charge is -2.26. The van der Waals surface area contributed by atoms with Crippen molar-refractivity contribution in [2.24, 2.45) is 4.99 Å². The number of aromatic nitrogens is 1. The molecule has 0 bridgehead atoms. The molecule has 0 saturated carbocycles. The highest BCUT2D eigenvalue weighted by Gasteiger charge is 2.35. The van der Waals surface area contributed by atoms with Gasteiger partial charge in [-0.2, -0.15) is 0 Å². The van der Waals surface area contributed by atoms with Gasteiger partial charge >= 0.3 is 5.97 Å². The number of rotatable bonds is 7. The minimum Gasteiger partial charge on any atom is -0.463 e. The Morgan fingerprint density at radius 1 is 1.07 bits per heavy atom. The van der Waals surface area contributed by atoms with Gasteiger partial charge in [-0.25, -0.2) is 9.79 Å². The lowest BCUT2D eigenvalue weighted by molar-refractivity contribution is -0.138. The highest BCUT2D eigenvalue weighted by Crippen LogP contribution is 2.35. The second-order valence-electron chi connectivity index (χ2n) is 9.93. The highest BCUT2D eigenvalue weighted by atomic mass is 32.2. The number of anilines is 1. The molecule has 6 rings (SSSR count). The number of furan rings is 1. The summed E-state index contributed by atoms with van der Waals surface area (Å²) in [6, 6.07) is 20.7. The van der Waals surface area contributed by atoms with Gasteiger partial charge in [0.1, 0.15) is 5.76 Å². The fraction of sp³-hybridized carbons (Fsp3) is 0.281. The van der Waals surface area contributed by atoms with Crippen LogP contribution in [0.1, 0.15) is 49.1 Å². The molecule has 2 aliphatic heterocycles. The third-order valence-corrected chi connectivity index (χ3v) is 9.09. The van der Waals surface area contributed by atoms with Gasteiger partial charge < -0.3 is 14.1 Å². The first kappa shape index (κ1) is 27.4. The van der Waals surface area contributed by atoms with Crippen LogP contribution in [0.3, 0.4) is 0 Å². The zero-order chi connectivity index (χ0) is 28.3. The number of thioether (sulfide) groups is 1. The maximum Gasteiger partial charge on any atom is 0.338 e. The number of piperidine rings is 1. The number of esters is 1. The molecule has 9 heteroatoms. The molecule has 1 fully saturated rings. The number of ether oxygens (including phenoxy) is 1. The molecule has 0 amide bonds. The van der Waals surface area contributed by atoms with Crippen LogP contribution in [-0.4, -0.2) is 36.5 Å². The largest absolute Gasteiger partial charge is 0.463 e. The molecule has 2 aliphatic rings. The van der Waals surface area contributed by atoms with Gasteiger partial charge in [0.05, 0.1) is 28.5 Å². The van der Waals surface area contributed by atoms with E-state index in [1.54, 1.807) is 29.3 Å². The summed E-state index contributed by atoms with van der Waals surface area (Å²) in [5, 5.41) is 0. The summed E-state index contributed by atoms with van der Waals surface area (Å²) in [4.78, 5) is 36.4. The molecule has 1 saturated heterocycles. The average molecular weight is 586 g/mol. The first-order chi connectivity index (χ1) is 20.1. The zero-order valence-corrected chi connectivity index (χ0v) is 24.7. The van der Waals surface area contributed by atoms with Gasteiger partial charge in [0, 0.05) is 35.7 Å². The predicted molar refractivity (Wildman–Crippen MR) is 164 cm³/mol. The monoisotopic (exact) mass is 585 g/mol. The molecule has 0 radical (unpaired) electrons. The van der Waals surface area contributed by atoms with E-state index in [0.29, 0.717) is 26.4 Å². The standard InChI is InChI=1S/C32H31N3O4S2/c1-3-38-31(37)27-28(21-10-6-4-7-11-21)33-32-35(29(27)22-12-15-24(40-2)16-13-22)30(36)25(41-32)20-23-14-17-26(39-23)34-18-8-5-9-19-34/h4,6-7,10-17,20,29H,3,5,8-9,18-19H2,1-2H3/b25-20-/t29-/m0/s1. The van der Waals surface area contributed by atoms with Gasteiger partial charge in [0.2, 0.25) is 0 Å². The Labute approximate surface area is 246 Å². The Morgan fingerprint density at radius 2 is 1.83 bits per heavy atom. The molecule has 4 aromatic rings. The molecule has 7 nitrogen and oxygen atoms in total. The van der Waals surface area contributed by atoms with Crippen LogP contribution in [0.4, 0.5) is 5.88 Å². The van der Waals surface area contributed by atoms with E-state index in [4.69, 9.17) is 14.1 Å². The van der Waals surface area contributed by atoms with Crippen molar-refractivity contribution in [3.05, 3.63) is 109 Å². The second kappa shape index (κ2) is 12.0. The molecule has 4 heterocycles. The summed E-state index contributed by atoms with van der Waals surface area (Å²) in [5.41, 5.74) is 2.24. The van der Waals surface area contributed by atoms with Crippen molar-refractivity contribution in [1.29, 1.82) is 0 Å². The molecule has 2 aromatic heterocycles. The van der Waals surface area contributed by atoms with Crippen LogP contribution >= 0.6 is 23.1 Å². The molecule has 0 aliphatic carbocycles. The van der Waals surface area contributed by atoms with Crippen molar-refractivity contribution < 1.29 is 13.9 Å². The Kier molecular flexibility index (Phi) is 7.98. The van der Waals surface area contributed by atoms with E-state index in [1.165, 1.54) is 17.8 Å². The molecule has 0 spiro atoms. The van der Waals surface area contributed by atoms with E-state index in [-0.39, 0.29) is 12.2 Å². The number of carbonyl (C=O) groups excluding carboxylic acids is 1. The predicted octanol–water partition coefficient (Wildman–Crippen LogP) is 5.24. The van der Waals surface area contributed by atoms with Crippen LogP contribution in [0.15, 0.2) is 91.4 Å². The molecular formula is C32H31N3O4S2. The third-order valence-electron chi connectivity index (χ3n) is 7.36. The molecule has 2 aromatic carbocycles. The van der Waals surface area contributed by atoms with Crippen molar-refractivity contribution >= 4 is 46.7 Å². The van der Waals surface area contributed by atoms with Crippen molar-refractivity contribution in [3.63, 3.8) is 0 Å². The number of fused-ring (bicyclic) bond motifs is 1. The van der Waals surface area contributed by atoms with Crippen molar-refractivity contribution in [2.45, 2.75) is 37.1 Å². The number of thiazole rings is 1. The van der Waals surface area contributed by atoms with Crippen LogP contribution < -0.4 is 19.8 Å². The van der Waals surface area contributed by atoms with E-state index in [9.17, 15) is 9.59 Å². The quantitative estimate of drug-likeness (QED) is 0.218. The SMILES string of the molecule is CCOC(=O)C1=C(c2ccccc2)N=c2s/c(=C\c3ccc(N4CCCCC4)o3)c(=O)n2[C@H]1c1ccc(SC)cc1. The lowest BCUT2D eigenvalue weighted by atomic mass is 9.93.